The number of aromatic nitrogens is 1. The normalized spacial score (nSPS) is 23.2. The number of carbonyl (C=O) groups is 1. The van der Waals surface area contributed by atoms with Crippen LogP contribution in [0.4, 0.5) is 5.69 Å². The maximum atomic E-state index is 12.8. The maximum Gasteiger partial charge on any atom is 0.266 e. The van der Waals surface area contributed by atoms with Gasteiger partial charge in [0.2, 0.25) is 0 Å². The summed E-state index contributed by atoms with van der Waals surface area (Å²) in [6.45, 7) is 5.13. The quantitative estimate of drug-likeness (QED) is 0.877. The summed E-state index contributed by atoms with van der Waals surface area (Å²) in [5, 5.41) is 0.888. The van der Waals surface area contributed by atoms with E-state index in [4.69, 9.17) is 5.73 Å². The van der Waals surface area contributed by atoms with Crippen molar-refractivity contribution in [3.05, 3.63) is 23.2 Å². The summed E-state index contributed by atoms with van der Waals surface area (Å²) >= 11 is 1.40. The largest absolute Gasteiger partial charge is 0.397 e. The lowest BCUT2D eigenvalue weighted by Gasteiger charge is -2.36. The number of carbonyl (C=O) groups excluding carboxylic acids is 1. The fourth-order valence-corrected chi connectivity index (χ4v) is 3.83. The summed E-state index contributed by atoms with van der Waals surface area (Å²) in [4.78, 5) is 20.5. The minimum absolute atomic E-state index is 0.0598. The van der Waals surface area contributed by atoms with Gasteiger partial charge in [-0.25, -0.2) is 4.98 Å². The zero-order valence-corrected chi connectivity index (χ0v) is 12.6. The molecule has 2 aromatic heterocycles. The number of nitrogen functional groups attached to an aromatic ring is 1. The van der Waals surface area contributed by atoms with Crippen LogP contribution in [0.25, 0.3) is 10.2 Å². The van der Waals surface area contributed by atoms with E-state index in [9.17, 15) is 4.79 Å². The monoisotopic (exact) mass is 289 g/mol. The van der Waals surface area contributed by atoms with Gasteiger partial charge in [0.05, 0.1) is 5.69 Å². The molecule has 3 rings (SSSR count). The Morgan fingerprint density at radius 1 is 1.45 bits per heavy atom. The van der Waals surface area contributed by atoms with Crippen LogP contribution in [0.3, 0.4) is 0 Å². The number of nitrogens with two attached hydrogens (primary N) is 1. The van der Waals surface area contributed by atoms with Gasteiger partial charge in [-0.3, -0.25) is 4.79 Å². The molecule has 1 amide bonds. The number of likely N-dealkylation sites (tertiary alicyclic amines) is 1. The van der Waals surface area contributed by atoms with E-state index in [-0.39, 0.29) is 11.9 Å². The lowest BCUT2D eigenvalue weighted by atomic mass is 9.95. The van der Waals surface area contributed by atoms with Gasteiger partial charge in [0, 0.05) is 24.2 Å². The highest BCUT2D eigenvalue weighted by Crippen LogP contribution is 2.34. The molecule has 2 atom stereocenters. The number of anilines is 1. The molecule has 0 saturated carbocycles. The molecule has 1 aliphatic heterocycles. The number of piperidine rings is 1. The molecule has 3 heterocycles. The molecule has 4 nitrogen and oxygen atoms in total. The fraction of sp³-hybridized carbons (Fsp3) is 0.467. The van der Waals surface area contributed by atoms with Crippen LogP contribution in [0, 0.1) is 5.92 Å². The third-order valence-electron chi connectivity index (χ3n) is 4.08. The van der Waals surface area contributed by atoms with Gasteiger partial charge in [-0.2, -0.15) is 0 Å². The first-order chi connectivity index (χ1) is 9.58. The van der Waals surface area contributed by atoms with Gasteiger partial charge in [-0.05, 0) is 37.8 Å². The molecule has 1 saturated heterocycles. The number of amides is 1. The Balaban J connectivity index is 1.97. The lowest BCUT2D eigenvalue weighted by Crippen LogP contribution is -2.44. The average molecular weight is 289 g/mol. The van der Waals surface area contributed by atoms with Crippen molar-refractivity contribution in [2.45, 2.75) is 32.7 Å². The molecule has 0 bridgehead atoms. The summed E-state index contributed by atoms with van der Waals surface area (Å²) in [7, 11) is 0. The van der Waals surface area contributed by atoms with Gasteiger partial charge in [0.1, 0.15) is 9.71 Å². The molecular formula is C15H19N3OS. The van der Waals surface area contributed by atoms with Crippen molar-refractivity contribution < 1.29 is 4.79 Å². The van der Waals surface area contributed by atoms with Crippen molar-refractivity contribution in [1.82, 2.24) is 9.88 Å². The van der Waals surface area contributed by atoms with Crippen LogP contribution >= 0.6 is 11.3 Å². The smallest absolute Gasteiger partial charge is 0.266 e. The summed E-state index contributed by atoms with van der Waals surface area (Å²) in [5.41, 5.74) is 6.73. The second-order valence-electron chi connectivity index (χ2n) is 5.69. The summed E-state index contributed by atoms with van der Waals surface area (Å²) < 4.78 is 0. The maximum absolute atomic E-state index is 12.8. The van der Waals surface area contributed by atoms with E-state index in [0.717, 1.165) is 23.2 Å². The van der Waals surface area contributed by atoms with Crippen molar-refractivity contribution >= 4 is 33.1 Å². The van der Waals surface area contributed by atoms with E-state index >= 15 is 0 Å². The van der Waals surface area contributed by atoms with Gasteiger partial charge >= 0.3 is 0 Å². The molecule has 2 aromatic rings. The van der Waals surface area contributed by atoms with Crippen molar-refractivity contribution in [2.24, 2.45) is 5.92 Å². The fourth-order valence-electron chi connectivity index (χ4n) is 2.81. The molecule has 2 N–H and O–H groups in total. The predicted molar refractivity (Wildman–Crippen MR) is 82.9 cm³/mol. The summed E-state index contributed by atoms with van der Waals surface area (Å²) in [5.74, 6) is 0.619. The molecule has 5 heteroatoms. The van der Waals surface area contributed by atoms with E-state index in [2.05, 4.69) is 18.8 Å². The van der Waals surface area contributed by atoms with Crippen LogP contribution in [0.5, 0.6) is 0 Å². The Morgan fingerprint density at radius 2 is 2.25 bits per heavy atom. The molecule has 20 heavy (non-hydrogen) atoms. The van der Waals surface area contributed by atoms with Crippen molar-refractivity contribution in [2.75, 3.05) is 12.3 Å². The van der Waals surface area contributed by atoms with Gasteiger partial charge < -0.3 is 10.6 Å². The number of rotatable bonds is 1. The molecule has 0 aromatic carbocycles. The van der Waals surface area contributed by atoms with Crippen molar-refractivity contribution in [3.63, 3.8) is 0 Å². The van der Waals surface area contributed by atoms with Crippen LogP contribution in [-0.4, -0.2) is 28.4 Å². The molecule has 1 aliphatic rings. The van der Waals surface area contributed by atoms with Gasteiger partial charge in [0.15, 0.2) is 0 Å². The van der Waals surface area contributed by atoms with Crippen LogP contribution in [-0.2, 0) is 0 Å². The van der Waals surface area contributed by atoms with E-state index in [1.807, 2.05) is 17.0 Å². The van der Waals surface area contributed by atoms with E-state index in [0.29, 0.717) is 16.5 Å². The molecule has 1 fully saturated rings. The first kappa shape index (κ1) is 13.4. The molecule has 106 valence electrons. The van der Waals surface area contributed by atoms with Crippen LogP contribution in [0.15, 0.2) is 18.3 Å². The number of nitrogens with zero attached hydrogens (tertiary/aromatic N) is 2. The number of fused-ring (bicyclic) bond motifs is 1. The third kappa shape index (κ3) is 2.16. The number of hydrogen-bond acceptors (Lipinski definition) is 4. The summed E-state index contributed by atoms with van der Waals surface area (Å²) in [6, 6.07) is 4.06. The average Bonchev–Trinajstić information content (AvgIpc) is 2.79. The van der Waals surface area contributed by atoms with Crippen molar-refractivity contribution in [3.8, 4) is 0 Å². The predicted octanol–water partition coefficient (Wildman–Crippen LogP) is 3.14. The molecule has 0 radical (unpaired) electrons. The van der Waals surface area contributed by atoms with E-state index in [1.165, 1.54) is 17.8 Å². The Hall–Kier alpha value is -1.62. The SMILES string of the molecule is CC1CCC(C)N(C(=O)c2sc3ncccc3c2N)C1. The van der Waals surface area contributed by atoms with Gasteiger partial charge in [0.25, 0.3) is 5.91 Å². The lowest BCUT2D eigenvalue weighted by molar-refractivity contribution is 0.0580. The Labute approximate surface area is 122 Å². The Bertz CT molecular complexity index is 652. The minimum atomic E-state index is 0.0598. The number of thiophene rings is 1. The van der Waals surface area contributed by atoms with Crippen LogP contribution in [0.2, 0.25) is 0 Å². The standard InChI is InChI=1S/C15H19N3OS/c1-9-5-6-10(2)18(8-9)15(19)13-12(16)11-4-3-7-17-14(11)20-13/h3-4,7,9-10H,5-6,8,16H2,1-2H3. The highest BCUT2D eigenvalue weighted by Gasteiger charge is 2.30. The zero-order valence-electron chi connectivity index (χ0n) is 11.8. The molecule has 0 spiro atoms. The Morgan fingerprint density at radius 3 is 3.00 bits per heavy atom. The zero-order chi connectivity index (χ0) is 14.3. The molecule has 0 aliphatic carbocycles. The minimum Gasteiger partial charge on any atom is -0.397 e. The first-order valence-corrected chi connectivity index (χ1v) is 7.83. The third-order valence-corrected chi connectivity index (χ3v) is 5.19. The molecule has 2 unspecified atom stereocenters. The Kier molecular flexibility index (Phi) is 3.38. The van der Waals surface area contributed by atoms with E-state index in [1.54, 1.807) is 6.20 Å². The second kappa shape index (κ2) is 5.05. The highest BCUT2D eigenvalue weighted by molar-refractivity contribution is 7.21. The second-order valence-corrected chi connectivity index (χ2v) is 6.69. The first-order valence-electron chi connectivity index (χ1n) is 7.02. The van der Waals surface area contributed by atoms with Crippen LogP contribution < -0.4 is 5.73 Å². The van der Waals surface area contributed by atoms with Gasteiger partial charge in [-0.1, -0.05) is 6.92 Å². The highest BCUT2D eigenvalue weighted by atomic mass is 32.1. The topological polar surface area (TPSA) is 59.2 Å². The van der Waals surface area contributed by atoms with E-state index < -0.39 is 0 Å². The number of pyridine rings is 1. The molecular weight excluding hydrogens is 270 g/mol. The number of hydrogen-bond donors (Lipinski definition) is 1. The van der Waals surface area contributed by atoms with Gasteiger partial charge in [-0.15, -0.1) is 11.3 Å². The van der Waals surface area contributed by atoms with Crippen LogP contribution in [0.1, 0.15) is 36.4 Å². The van der Waals surface area contributed by atoms with Crippen molar-refractivity contribution in [1.29, 1.82) is 0 Å². The summed E-state index contributed by atoms with van der Waals surface area (Å²) in [6.07, 6.45) is 3.99.